The van der Waals surface area contributed by atoms with E-state index in [-0.39, 0.29) is 30.1 Å². The highest BCUT2D eigenvalue weighted by Gasteiger charge is 2.54. The second-order valence-corrected chi connectivity index (χ2v) is 10.2. The number of fused-ring (bicyclic) bond motifs is 1. The molecular formula is C29H33N3O4. The van der Waals surface area contributed by atoms with Gasteiger partial charge in [0.2, 0.25) is 11.8 Å². The molecule has 5 rings (SSSR count). The van der Waals surface area contributed by atoms with Gasteiger partial charge in [0, 0.05) is 37.6 Å². The van der Waals surface area contributed by atoms with Crippen molar-refractivity contribution in [3.05, 3.63) is 70.6 Å². The zero-order valence-corrected chi connectivity index (χ0v) is 20.8. The van der Waals surface area contributed by atoms with E-state index in [1.807, 2.05) is 48.4 Å². The molecule has 2 fully saturated rings. The third-order valence-electron chi connectivity index (χ3n) is 7.89. The molecule has 1 saturated heterocycles. The summed E-state index contributed by atoms with van der Waals surface area (Å²) in [5, 5.41) is 2.98. The van der Waals surface area contributed by atoms with Gasteiger partial charge in [0.1, 0.15) is 5.60 Å². The van der Waals surface area contributed by atoms with Gasteiger partial charge >= 0.3 is 5.97 Å². The highest BCUT2D eigenvalue weighted by Crippen LogP contribution is 2.45. The van der Waals surface area contributed by atoms with E-state index >= 15 is 0 Å². The van der Waals surface area contributed by atoms with Crippen molar-refractivity contribution in [3.63, 3.8) is 0 Å². The quantitative estimate of drug-likeness (QED) is 0.511. The third-order valence-corrected chi connectivity index (χ3v) is 7.89. The number of nitrogens with one attached hydrogen (secondary N) is 1. The summed E-state index contributed by atoms with van der Waals surface area (Å²) >= 11 is 0. The van der Waals surface area contributed by atoms with Crippen molar-refractivity contribution in [2.75, 3.05) is 6.54 Å². The van der Waals surface area contributed by atoms with Gasteiger partial charge in [-0.1, -0.05) is 36.8 Å². The Labute approximate surface area is 211 Å². The maximum atomic E-state index is 13.6. The smallest absolute Gasteiger partial charge is 0.307 e. The Morgan fingerprint density at radius 2 is 1.97 bits per heavy atom. The van der Waals surface area contributed by atoms with E-state index in [9.17, 15) is 14.4 Å². The van der Waals surface area contributed by atoms with Crippen LogP contribution in [0.25, 0.3) is 6.08 Å². The van der Waals surface area contributed by atoms with E-state index in [0.29, 0.717) is 26.1 Å². The highest BCUT2D eigenvalue weighted by molar-refractivity contribution is 5.91. The second-order valence-electron chi connectivity index (χ2n) is 10.2. The molecule has 1 aliphatic carbocycles. The Balaban J connectivity index is 1.26. The molecule has 2 aromatic rings. The van der Waals surface area contributed by atoms with Crippen molar-refractivity contribution in [1.29, 1.82) is 0 Å². The summed E-state index contributed by atoms with van der Waals surface area (Å²) in [6, 6.07) is 9.70. The monoisotopic (exact) mass is 487 g/mol. The Bertz CT molecular complexity index is 1180. The minimum absolute atomic E-state index is 0.0230. The average molecular weight is 488 g/mol. The van der Waals surface area contributed by atoms with Crippen LogP contribution in [-0.4, -0.2) is 39.8 Å². The van der Waals surface area contributed by atoms with Gasteiger partial charge < -0.3 is 15.0 Å². The molecule has 188 valence electrons. The summed E-state index contributed by atoms with van der Waals surface area (Å²) in [6.07, 6.45) is 10.7. The molecule has 2 amide bonds. The minimum atomic E-state index is -0.610. The van der Waals surface area contributed by atoms with Crippen LogP contribution in [0.3, 0.4) is 0 Å². The van der Waals surface area contributed by atoms with Crippen molar-refractivity contribution < 1.29 is 19.1 Å². The molecule has 0 bridgehead atoms. The van der Waals surface area contributed by atoms with Gasteiger partial charge in [0.15, 0.2) is 0 Å². The minimum Gasteiger partial charge on any atom is -0.458 e. The van der Waals surface area contributed by atoms with E-state index < -0.39 is 5.60 Å². The number of amides is 2. The summed E-state index contributed by atoms with van der Waals surface area (Å²) in [4.78, 5) is 44.7. The molecule has 1 aromatic heterocycles. The summed E-state index contributed by atoms with van der Waals surface area (Å²) in [7, 11) is 0. The Kier molecular flexibility index (Phi) is 6.90. The van der Waals surface area contributed by atoms with Crippen molar-refractivity contribution >= 4 is 23.9 Å². The fourth-order valence-corrected chi connectivity index (χ4v) is 5.94. The molecule has 3 aliphatic rings. The lowest BCUT2D eigenvalue weighted by atomic mass is 9.75. The Morgan fingerprint density at radius 3 is 2.75 bits per heavy atom. The number of esters is 1. The predicted octanol–water partition coefficient (Wildman–Crippen LogP) is 3.87. The number of pyridine rings is 1. The molecule has 1 aromatic carbocycles. The van der Waals surface area contributed by atoms with Gasteiger partial charge in [-0.05, 0) is 67.4 Å². The molecule has 0 radical (unpaired) electrons. The number of hydrogen-bond donors (Lipinski definition) is 1. The molecule has 1 N–H and O–H groups in total. The maximum Gasteiger partial charge on any atom is 0.307 e. The number of aryl methyl sites for hydroxylation is 1. The zero-order valence-electron chi connectivity index (χ0n) is 20.8. The van der Waals surface area contributed by atoms with Crippen LogP contribution in [0.1, 0.15) is 66.5 Å². The van der Waals surface area contributed by atoms with Crippen molar-refractivity contribution in [1.82, 2.24) is 15.2 Å². The highest BCUT2D eigenvalue weighted by atomic mass is 16.6. The Morgan fingerprint density at radius 1 is 1.19 bits per heavy atom. The molecular weight excluding hydrogens is 454 g/mol. The van der Waals surface area contributed by atoms with Gasteiger partial charge in [0.25, 0.3) is 0 Å². The van der Waals surface area contributed by atoms with Crippen LogP contribution in [0.15, 0.2) is 42.6 Å². The van der Waals surface area contributed by atoms with Crippen LogP contribution in [0.5, 0.6) is 0 Å². The van der Waals surface area contributed by atoms with Crippen LogP contribution < -0.4 is 5.32 Å². The van der Waals surface area contributed by atoms with E-state index in [0.717, 1.165) is 60.1 Å². The third kappa shape index (κ3) is 4.92. The molecule has 7 heteroatoms. The molecule has 1 spiro atoms. The first-order valence-electron chi connectivity index (χ1n) is 12.9. The van der Waals surface area contributed by atoms with Crippen LogP contribution in [0.2, 0.25) is 0 Å². The fraction of sp³-hybridized carbons (Fsp3) is 0.448. The molecule has 1 saturated carbocycles. The molecule has 1 unspecified atom stereocenters. The second kappa shape index (κ2) is 10.2. The van der Waals surface area contributed by atoms with Crippen molar-refractivity contribution in [3.8, 4) is 0 Å². The van der Waals surface area contributed by atoms with Gasteiger partial charge in [0.05, 0.1) is 12.3 Å². The van der Waals surface area contributed by atoms with Gasteiger partial charge in [-0.3, -0.25) is 19.4 Å². The van der Waals surface area contributed by atoms with Crippen molar-refractivity contribution in [2.24, 2.45) is 5.92 Å². The molecule has 36 heavy (non-hydrogen) atoms. The number of nitrogens with zero attached hydrogens (tertiary/aromatic N) is 2. The topological polar surface area (TPSA) is 88.6 Å². The van der Waals surface area contributed by atoms with Gasteiger partial charge in [-0.25, -0.2) is 0 Å². The number of carbonyl (C=O) groups is 3. The SMILES string of the molecule is Cc1ncc2c(c1CNC(=O)C=Cc1ccccc1)CCN(C(=O)C1CC(=O)OC13CCCCC3)C2. The van der Waals surface area contributed by atoms with E-state index in [1.165, 1.54) is 0 Å². The predicted molar refractivity (Wildman–Crippen MR) is 135 cm³/mol. The van der Waals surface area contributed by atoms with E-state index in [2.05, 4.69) is 10.3 Å². The van der Waals surface area contributed by atoms with Gasteiger partial charge in [-0.15, -0.1) is 0 Å². The first kappa shape index (κ1) is 24.2. The lowest BCUT2D eigenvalue weighted by Gasteiger charge is -2.39. The van der Waals surface area contributed by atoms with Crippen molar-refractivity contribution in [2.45, 2.75) is 70.6 Å². The largest absolute Gasteiger partial charge is 0.458 e. The zero-order chi connectivity index (χ0) is 25.1. The van der Waals surface area contributed by atoms with Crippen LogP contribution >= 0.6 is 0 Å². The first-order valence-corrected chi connectivity index (χ1v) is 12.9. The lowest BCUT2D eigenvalue weighted by Crippen LogP contribution is -2.48. The summed E-state index contributed by atoms with van der Waals surface area (Å²) < 4.78 is 5.78. The van der Waals surface area contributed by atoms with Gasteiger partial charge in [-0.2, -0.15) is 0 Å². The van der Waals surface area contributed by atoms with E-state index in [4.69, 9.17) is 4.74 Å². The number of rotatable bonds is 5. The number of ether oxygens (including phenoxy) is 1. The molecule has 7 nitrogen and oxygen atoms in total. The maximum absolute atomic E-state index is 13.6. The molecule has 3 heterocycles. The normalized spacial score (nSPS) is 20.9. The summed E-state index contributed by atoms with van der Waals surface area (Å²) in [5.41, 5.74) is 4.43. The van der Waals surface area contributed by atoms with Crippen LogP contribution in [-0.2, 0) is 38.6 Å². The number of aromatic nitrogens is 1. The first-order chi connectivity index (χ1) is 17.4. The number of benzene rings is 1. The summed E-state index contributed by atoms with van der Waals surface area (Å²) in [5.74, 6) is -0.772. The van der Waals surface area contributed by atoms with Crippen LogP contribution in [0, 0.1) is 12.8 Å². The summed E-state index contributed by atoms with van der Waals surface area (Å²) in [6.45, 7) is 3.40. The molecule has 1 atom stereocenters. The standard InChI is InChI=1S/C29H33N3O4/c1-20-24(18-31-26(33)11-10-21-8-4-2-5-9-21)23-12-15-32(19-22(23)17-30-20)28(35)25-16-27(34)36-29(25)13-6-3-7-14-29/h2,4-5,8-11,17,25H,3,6-7,12-16,18-19H2,1H3,(H,31,33). The number of hydrogen-bond acceptors (Lipinski definition) is 5. The lowest BCUT2D eigenvalue weighted by molar-refractivity contribution is -0.156. The van der Waals surface area contributed by atoms with Crippen LogP contribution in [0.4, 0.5) is 0 Å². The Hall–Kier alpha value is -3.48. The fourth-order valence-electron chi connectivity index (χ4n) is 5.94. The average Bonchev–Trinajstić information content (AvgIpc) is 3.21. The number of carbonyl (C=O) groups excluding carboxylic acids is 3. The van der Waals surface area contributed by atoms with E-state index in [1.54, 1.807) is 12.2 Å². The molecule has 2 aliphatic heterocycles.